The summed E-state index contributed by atoms with van der Waals surface area (Å²) in [7, 11) is 0. The lowest BCUT2D eigenvalue weighted by atomic mass is 9.84. The fraction of sp³-hybridized carbons (Fsp3) is 1.00. The van der Waals surface area contributed by atoms with Gasteiger partial charge in [-0.05, 0) is 44.9 Å². The Kier molecular flexibility index (Phi) is 5.66. The highest BCUT2D eigenvalue weighted by atomic mass is 14.9. The molecule has 0 aromatic carbocycles. The summed E-state index contributed by atoms with van der Waals surface area (Å²) in [4.78, 5) is 0. The van der Waals surface area contributed by atoms with Crippen LogP contribution < -0.4 is 5.32 Å². The van der Waals surface area contributed by atoms with Crippen molar-refractivity contribution in [1.82, 2.24) is 5.32 Å². The number of hydrogen-bond donors (Lipinski definition) is 1. The van der Waals surface area contributed by atoms with Crippen LogP contribution in [-0.4, -0.2) is 12.1 Å². The fourth-order valence-corrected chi connectivity index (χ4v) is 2.99. The fourth-order valence-electron chi connectivity index (χ4n) is 2.99. The van der Waals surface area contributed by atoms with Crippen LogP contribution in [0.1, 0.15) is 66.2 Å². The van der Waals surface area contributed by atoms with E-state index in [1.165, 1.54) is 38.5 Å². The van der Waals surface area contributed by atoms with Crippen LogP contribution in [0.4, 0.5) is 0 Å². The van der Waals surface area contributed by atoms with Gasteiger partial charge in [-0.1, -0.05) is 33.1 Å². The third kappa shape index (κ3) is 5.01. The van der Waals surface area contributed by atoms with Crippen molar-refractivity contribution in [2.75, 3.05) is 0 Å². The molecule has 1 saturated carbocycles. The van der Waals surface area contributed by atoms with Crippen LogP contribution in [0, 0.1) is 11.8 Å². The predicted octanol–water partition coefficient (Wildman–Crippen LogP) is 3.98. The second-order valence-electron chi connectivity index (χ2n) is 5.88. The zero-order valence-electron chi connectivity index (χ0n) is 11.1. The molecule has 0 amide bonds. The van der Waals surface area contributed by atoms with Crippen molar-refractivity contribution < 1.29 is 0 Å². The third-order valence-electron chi connectivity index (χ3n) is 3.73. The molecule has 1 rings (SSSR count). The molecule has 0 saturated heterocycles. The average molecular weight is 211 g/mol. The molecule has 1 aliphatic rings. The van der Waals surface area contributed by atoms with E-state index in [1.807, 2.05) is 0 Å². The van der Waals surface area contributed by atoms with Crippen LogP contribution in [0.25, 0.3) is 0 Å². The second kappa shape index (κ2) is 6.52. The Morgan fingerprint density at radius 3 is 2.13 bits per heavy atom. The molecule has 0 aromatic heterocycles. The largest absolute Gasteiger partial charge is 0.311 e. The molecule has 1 aliphatic carbocycles. The lowest BCUT2D eigenvalue weighted by Crippen LogP contribution is -2.40. The lowest BCUT2D eigenvalue weighted by Gasteiger charge is -2.31. The minimum Gasteiger partial charge on any atom is -0.311 e. The summed E-state index contributed by atoms with van der Waals surface area (Å²) in [5.41, 5.74) is 0. The van der Waals surface area contributed by atoms with Gasteiger partial charge in [-0.15, -0.1) is 0 Å². The average Bonchev–Trinajstić information content (AvgIpc) is 2.17. The van der Waals surface area contributed by atoms with Gasteiger partial charge in [-0.3, -0.25) is 0 Å². The summed E-state index contributed by atoms with van der Waals surface area (Å²) in [5.74, 6) is 1.75. The second-order valence-corrected chi connectivity index (χ2v) is 5.88. The number of hydrogen-bond acceptors (Lipinski definition) is 1. The van der Waals surface area contributed by atoms with Crippen LogP contribution in [0.3, 0.4) is 0 Å². The highest BCUT2D eigenvalue weighted by Crippen LogP contribution is 2.26. The summed E-state index contributed by atoms with van der Waals surface area (Å²) < 4.78 is 0. The van der Waals surface area contributed by atoms with E-state index in [0.29, 0.717) is 6.04 Å². The maximum Gasteiger partial charge on any atom is 0.00694 e. The number of nitrogens with one attached hydrogen (secondary N) is 1. The van der Waals surface area contributed by atoms with E-state index < -0.39 is 0 Å². The van der Waals surface area contributed by atoms with Crippen molar-refractivity contribution in [3.05, 3.63) is 0 Å². The molecular formula is C14H29N. The van der Waals surface area contributed by atoms with Gasteiger partial charge in [0.15, 0.2) is 0 Å². The third-order valence-corrected chi connectivity index (χ3v) is 3.73. The summed E-state index contributed by atoms with van der Waals surface area (Å²) in [6, 6.07) is 1.40. The van der Waals surface area contributed by atoms with E-state index in [-0.39, 0.29) is 0 Å². The predicted molar refractivity (Wildman–Crippen MR) is 68.1 cm³/mol. The van der Waals surface area contributed by atoms with E-state index in [9.17, 15) is 0 Å². The first-order valence-electron chi connectivity index (χ1n) is 6.85. The first-order chi connectivity index (χ1) is 7.09. The first-order valence-corrected chi connectivity index (χ1v) is 6.85. The molecule has 2 atom stereocenters. The molecule has 1 fully saturated rings. The van der Waals surface area contributed by atoms with Crippen molar-refractivity contribution in [1.29, 1.82) is 0 Å². The maximum atomic E-state index is 3.78. The molecule has 1 unspecified atom stereocenters. The van der Waals surface area contributed by atoms with Gasteiger partial charge < -0.3 is 5.32 Å². The molecule has 0 heterocycles. The van der Waals surface area contributed by atoms with Gasteiger partial charge in [0.1, 0.15) is 0 Å². The Balaban J connectivity index is 2.23. The standard InChI is InChI=1S/C14H29N/c1-11(2)10-12(3)15-13(4)14-8-6-5-7-9-14/h11-15H,5-10H2,1-4H3/t12?,13-/m0/s1. The zero-order chi connectivity index (χ0) is 11.3. The molecule has 0 aromatic rings. The molecule has 1 heteroatoms. The van der Waals surface area contributed by atoms with Gasteiger partial charge in [0.2, 0.25) is 0 Å². The van der Waals surface area contributed by atoms with Gasteiger partial charge >= 0.3 is 0 Å². The molecule has 0 spiro atoms. The highest BCUT2D eigenvalue weighted by Gasteiger charge is 2.21. The van der Waals surface area contributed by atoms with E-state index >= 15 is 0 Å². The topological polar surface area (TPSA) is 12.0 Å². The van der Waals surface area contributed by atoms with Crippen molar-refractivity contribution in [2.45, 2.75) is 78.3 Å². The Hall–Kier alpha value is -0.0400. The Morgan fingerprint density at radius 2 is 1.60 bits per heavy atom. The van der Waals surface area contributed by atoms with Gasteiger partial charge in [0.25, 0.3) is 0 Å². The molecular weight excluding hydrogens is 182 g/mol. The summed E-state index contributed by atoms with van der Waals surface area (Å²) in [6.45, 7) is 9.33. The molecule has 90 valence electrons. The molecule has 1 N–H and O–H groups in total. The van der Waals surface area contributed by atoms with Crippen LogP contribution in [0.2, 0.25) is 0 Å². The van der Waals surface area contributed by atoms with E-state index in [0.717, 1.165) is 17.9 Å². The van der Waals surface area contributed by atoms with E-state index in [1.54, 1.807) is 0 Å². The zero-order valence-corrected chi connectivity index (χ0v) is 11.1. The van der Waals surface area contributed by atoms with Crippen molar-refractivity contribution in [3.8, 4) is 0 Å². The maximum absolute atomic E-state index is 3.78. The smallest absolute Gasteiger partial charge is 0.00694 e. The van der Waals surface area contributed by atoms with E-state index in [2.05, 4.69) is 33.0 Å². The quantitative estimate of drug-likeness (QED) is 0.725. The van der Waals surface area contributed by atoms with Gasteiger partial charge in [-0.2, -0.15) is 0 Å². The summed E-state index contributed by atoms with van der Waals surface area (Å²) in [6.07, 6.45) is 8.57. The van der Waals surface area contributed by atoms with Crippen LogP contribution in [-0.2, 0) is 0 Å². The van der Waals surface area contributed by atoms with Crippen molar-refractivity contribution >= 4 is 0 Å². The van der Waals surface area contributed by atoms with E-state index in [4.69, 9.17) is 0 Å². The Labute approximate surface area is 96.0 Å². The summed E-state index contributed by atoms with van der Waals surface area (Å²) >= 11 is 0. The van der Waals surface area contributed by atoms with Gasteiger partial charge in [0.05, 0.1) is 0 Å². The SMILES string of the molecule is CC(C)CC(C)N[C@@H](C)C1CCCCC1. The molecule has 0 aliphatic heterocycles. The molecule has 1 nitrogen and oxygen atoms in total. The van der Waals surface area contributed by atoms with Gasteiger partial charge in [-0.25, -0.2) is 0 Å². The lowest BCUT2D eigenvalue weighted by molar-refractivity contribution is 0.258. The van der Waals surface area contributed by atoms with Crippen LogP contribution in [0.15, 0.2) is 0 Å². The van der Waals surface area contributed by atoms with Gasteiger partial charge in [0, 0.05) is 12.1 Å². The first kappa shape index (κ1) is 13.0. The van der Waals surface area contributed by atoms with Crippen molar-refractivity contribution in [3.63, 3.8) is 0 Å². The monoisotopic (exact) mass is 211 g/mol. The van der Waals surface area contributed by atoms with Crippen LogP contribution in [0.5, 0.6) is 0 Å². The normalized spacial score (nSPS) is 23.0. The Morgan fingerprint density at radius 1 is 1.00 bits per heavy atom. The highest BCUT2D eigenvalue weighted by molar-refractivity contribution is 4.78. The molecule has 15 heavy (non-hydrogen) atoms. The number of rotatable bonds is 5. The minimum absolute atomic E-state index is 0.682. The molecule has 0 bridgehead atoms. The minimum atomic E-state index is 0.682. The summed E-state index contributed by atoms with van der Waals surface area (Å²) in [5, 5.41) is 3.78. The Bertz CT molecular complexity index is 159. The van der Waals surface area contributed by atoms with Crippen molar-refractivity contribution in [2.24, 2.45) is 11.8 Å². The molecule has 0 radical (unpaired) electrons. The van der Waals surface area contributed by atoms with Crippen LogP contribution >= 0.6 is 0 Å².